The van der Waals surface area contributed by atoms with Gasteiger partial charge in [0.25, 0.3) is 0 Å². The van der Waals surface area contributed by atoms with E-state index >= 15 is 0 Å². The SMILES string of the molecule is N#CC1(c2ccc(B(O)O)cn2)CC1. The van der Waals surface area contributed by atoms with Crippen molar-refractivity contribution in [2.24, 2.45) is 0 Å². The van der Waals surface area contributed by atoms with Crippen LogP contribution in [0.25, 0.3) is 0 Å². The average Bonchev–Trinajstić information content (AvgIpc) is 2.99. The van der Waals surface area contributed by atoms with Crippen LogP contribution in [0.2, 0.25) is 0 Å². The van der Waals surface area contributed by atoms with Crippen molar-refractivity contribution < 1.29 is 10.0 Å². The smallest absolute Gasteiger partial charge is 0.423 e. The summed E-state index contributed by atoms with van der Waals surface area (Å²) < 4.78 is 0. The molecule has 1 aliphatic rings. The maximum Gasteiger partial charge on any atom is 0.490 e. The molecule has 1 fully saturated rings. The molecule has 4 nitrogen and oxygen atoms in total. The van der Waals surface area contributed by atoms with Crippen LogP contribution in [0.5, 0.6) is 0 Å². The van der Waals surface area contributed by atoms with Crippen LogP contribution in [0.15, 0.2) is 18.3 Å². The zero-order valence-electron chi connectivity index (χ0n) is 7.51. The molecule has 14 heavy (non-hydrogen) atoms. The molecule has 0 bridgehead atoms. The lowest BCUT2D eigenvalue weighted by Crippen LogP contribution is -2.30. The van der Waals surface area contributed by atoms with Crippen molar-refractivity contribution in [2.45, 2.75) is 18.3 Å². The quantitative estimate of drug-likeness (QED) is 0.602. The zero-order chi connectivity index (χ0) is 10.2. The third-order valence-electron chi connectivity index (χ3n) is 2.54. The van der Waals surface area contributed by atoms with Gasteiger partial charge in [-0.25, -0.2) is 0 Å². The van der Waals surface area contributed by atoms with E-state index in [4.69, 9.17) is 15.3 Å². The third kappa shape index (κ3) is 1.39. The number of hydrogen-bond acceptors (Lipinski definition) is 4. The molecule has 2 N–H and O–H groups in total. The molecule has 0 saturated heterocycles. The minimum atomic E-state index is -1.49. The van der Waals surface area contributed by atoms with Gasteiger partial charge in [0.15, 0.2) is 0 Å². The van der Waals surface area contributed by atoms with Gasteiger partial charge in [-0.2, -0.15) is 5.26 Å². The molecule has 70 valence electrons. The van der Waals surface area contributed by atoms with Crippen molar-refractivity contribution in [3.8, 4) is 6.07 Å². The van der Waals surface area contributed by atoms with Gasteiger partial charge in [-0.15, -0.1) is 0 Å². The predicted octanol–water partition coefficient (Wildman–Crippen LogP) is -0.683. The van der Waals surface area contributed by atoms with Crippen molar-refractivity contribution >= 4 is 12.6 Å². The third-order valence-corrected chi connectivity index (χ3v) is 2.54. The van der Waals surface area contributed by atoms with E-state index in [2.05, 4.69) is 11.1 Å². The molecule has 0 radical (unpaired) electrons. The molecule has 2 rings (SSSR count). The molecular weight excluding hydrogens is 179 g/mol. The van der Waals surface area contributed by atoms with Gasteiger partial charge in [0.05, 0.1) is 17.2 Å². The van der Waals surface area contributed by atoms with Crippen LogP contribution in [-0.4, -0.2) is 22.2 Å². The minimum absolute atomic E-state index is 0.350. The Balaban J connectivity index is 2.28. The van der Waals surface area contributed by atoms with Crippen molar-refractivity contribution in [1.82, 2.24) is 4.98 Å². The highest BCUT2D eigenvalue weighted by molar-refractivity contribution is 6.58. The fourth-order valence-electron chi connectivity index (χ4n) is 1.39. The van der Waals surface area contributed by atoms with E-state index in [0.29, 0.717) is 5.46 Å². The highest BCUT2D eigenvalue weighted by atomic mass is 16.4. The average molecular weight is 188 g/mol. The summed E-state index contributed by atoms with van der Waals surface area (Å²) in [4.78, 5) is 4.06. The second-order valence-electron chi connectivity index (χ2n) is 3.54. The van der Waals surface area contributed by atoms with Gasteiger partial charge < -0.3 is 10.0 Å². The van der Waals surface area contributed by atoms with E-state index in [1.807, 2.05) is 0 Å². The first-order chi connectivity index (χ1) is 6.68. The molecule has 0 aliphatic heterocycles. The molecule has 1 aromatic heterocycles. The van der Waals surface area contributed by atoms with Crippen molar-refractivity contribution in [3.05, 3.63) is 24.0 Å². The molecule has 0 aromatic carbocycles. The Bertz CT molecular complexity index is 379. The van der Waals surface area contributed by atoms with Crippen LogP contribution < -0.4 is 5.46 Å². The van der Waals surface area contributed by atoms with Crippen LogP contribution in [0.3, 0.4) is 0 Å². The van der Waals surface area contributed by atoms with E-state index in [1.165, 1.54) is 6.20 Å². The van der Waals surface area contributed by atoms with Crippen LogP contribution in [0.1, 0.15) is 18.5 Å². The lowest BCUT2D eigenvalue weighted by Gasteiger charge is -2.05. The molecule has 0 amide bonds. The fourth-order valence-corrected chi connectivity index (χ4v) is 1.39. The normalized spacial score (nSPS) is 17.2. The second kappa shape index (κ2) is 3.09. The Morgan fingerprint density at radius 1 is 1.43 bits per heavy atom. The number of hydrogen-bond donors (Lipinski definition) is 2. The van der Waals surface area contributed by atoms with Gasteiger partial charge in [0.1, 0.15) is 0 Å². The highest BCUT2D eigenvalue weighted by Crippen LogP contribution is 2.46. The summed E-state index contributed by atoms with van der Waals surface area (Å²) >= 11 is 0. The maximum absolute atomic E-state index is 8.90. The number of pyridine rings is 1. The first-order valence-electron chi connectivity index (χ1n) is 4.42. The molecule has 0 spiro atoms. The van der Waals surface area contributed by atoms with Gasteiger partial charge in [0.2, 0.25) is 0 Å². The van der Waals surface area contributed by atoms with E-state index in [9.17, 15) is 0 Å². The van der Waals surface area contributed by atoms with Crippen LogP contribution in [0, 0.1) is 11.3 Å². The molecule has 0 unspecified atom stereocenters. The van der Waals surface area contributed by atoms with E-state index < -0.39 is 12.5 Å². The summed E-state index contributed by atoms with van der Waals surface area (Å²) in [6.45, 7) is 0. The van der Waals surface area contributed by atoms with Gasteiger partial charge >= 0.3 is 7.12 Å². The molecular formula is C9H9BN2O2. The summed E-state index contributed by atoms with van der Waals surface area (Å²) in [6.07, 6.45) is 3.09. The largest absolute Gasteiger partial charge is 0.490 e. The van der Waals surface area contributed by atoms with E-state index in [0.717, 1.165) is 18.5 Å². The molecule has 0 atom stereocenters. The zero-order valence-corrected chi connectivity index (χ0v) is 7.51. The van der Waals surface area contributed by atoms with Crippen molar-refractivity contribution in [1.29, 1.82) is 5.26 Å². The van der Waals surface area contributed by atoms with Crippen LogP contribution in [-0.2, 0) is 5.41 Å². The fraction of sp³-hybridized carbons (Fsp3) is 0.333. The minimum Gasteiger partial charge on any atom is -0.423 e. The van der Waals surface area contributed by atoms with Crippen LogP contribution >= 0.6 is 0 Å². The molecule has 5 heteroatoms. The van der Waals surface area contributed by atoms with Crippen molar-refractivity contribution in [3.63, 3.8) is 0 Å². The summed E-state index contributed by atoms with van der Waals surface area (Å²) in [5, 5.41) is 26.6. The maximum atomic E-state index is 8.90. The monoisotopic (exact) mass is 188 g/mol. The second-order valence-corrected chi connectivity index (χ2v) is 3.54. The summed E-state index contributed by atoms with van der Waals surface area (Å²) in [5.74, 6) is 0. The van der Waals surface area contributed by atoms with Gasteiger partial charge in [-0.05, 0) is 18.9 Å². The Labute approximate surface area is 82.0 Å². The molecule has 1 aromatic rings. The number of aromatic nitrogens is 1. The first-order valence-corrected chi connectivity index (χ1v) is 4.42. The molecule has 1 saturated carbocycles. The van der Waals surface area contributed by atoms with Gasteiger partial charge in [-0.1, -0.05) is 6.07 Å². The number of rotatable bonds is 2. The topological polar surface area (TPSA) is 77.1 Å². The molecule has 1 aliphatic carbocycles. The van der Waals surface area contributed by atoms with Gasteiger partial charge in [0, 0.05) is 11.7 Å². The number of nitrogens with zero attached hydrogens (tertiary/aromatic N) is 2. The van der Waals surface area contributed by atoms with Crippen molar-refractivity contribution in [2.75, 3.05) is 0 Å². The molecule has 1 heterocycles. The summed E-state index contributed by atoms with van der Waals surface area (Å²) in [5.41, 5.74) is 0.672. The Hall–Kier alpha value is -1.38. The van der Waals surface area contributed by atoms with E-state index in [-0.39, 0.29) is 0 Å². The number of nitriles is 1. The van der Waals surface area contributed by atoms with E-state index in [1.54, 1.807) is 12.1 Å². The Morgan fingerprint density at radius 2 is 2.14 bits per heavy atom. The Kier molecular flexibility index (Phi) is 2.03. The highest BCUT2D eigenvalue weighted by Gasteiger charge is 2.46. The standard InChI is InChI=1S/C9H9BN2O2/c11-6-9(3-4-9)8-2-1-7(5-12-8)10(13)14/h1-2,5,13-14H,3-4H2. The lowest BCUT2D eigenvalue weighted by atomic mass is 9.81. The first kappa shape index (κ1) is 9.19. The summed E-state index contributed by atoms with van der Waals surface area (Å²) in [7, 11) is -1.49. The summed E-state index contributed by atoms with van der Waals surface area (Å²) in [6, 6.07) is 5.50. The lowest BCUT2D eigenvalue weighted by molar-refractivity contribution is 0.425. The Morgan fingerprint density at radius 3 is 2.50 bits per heavy atom. The van der Waals surface area contributed by atoms with Crippen LogP contribution in [0.4, 0.5) is 0 Å². The van der Waals surface area contributed by atoms with Gasteiger partial charge in [-0.3, -0.25) is 4.98 Å². The predicted molar refractivity (Wildman–Crippen MR) is 50.6 cm³/mol.